The van der Waals surface area contributed by atoms with Crippen LogP contribution in [0.5, 0.6) is 0 Å². The Bertz CT molecular complexity index is 1110. The topological polar surface area (TPSA) is 113 Å². The number of carbonyl (C=O) groups is 2. The second kappa shape index (κ2) is 10.2. The third-order valence-electron chi connectivity index (χ3n) is 5.72. The molecule has 0 amide bonds. The van der Waals surface area contributed by atoms with Crippen LogP contribution in [0, 0.1) is 5.92 Å². The molecule has 1 heterocycles. The van der Waals surface area contributed by atoms with E-state index in [2.05, 4.69) is 4.72 Å². The lowest BCUT2D eigenvalue weighted by Crippen LogP contribution is -2.40. The van der Waals surface area contributed by atoms with E-state index in [1.807, 2.05) is 18.7 Å². The van der Waals surface area contributed by atoms with E-state index in [0.717, 1.165) is 12.0 Å². The number of benzene rings is 2. The first-order chi connectivity index (χ1) is 15.6. The Balaban J connectivity index is 1.84. The minimum atomic E-state index is -3.88. The number of rotatable bonds is 8. The van der Waals surface area contributed by atoms with Gasteiger partial charge in [-0.15, -0.1) is 0 Å². The van der Waals surface area contributed by atoms with Crippen molar-refractivity contribution in [2.45, 2.75) is 44.4 Å². The number of anilines is 2. The first-order valence-electron chi connectivity index (χ1n) is 11.0. The molecular weight excluding hydrogens is 444 g/mol. The number of nitrogens with one attached hydrogen (secondary N) is 1. The first-order valence-corrected chi connectivity index (χ1v) is 12.5. The predicted molar refractivity (Wildman–Crippen MR) is 126 cm³/mol. The molecule has 1 aliphatic rings. The molecule has 1 aliphatic heterocycles. The Kier molecular flexibility index (Phi) is 7.63. The lowest BCUT2D eigenvalue weighted by Gasteiger charge is -2.34. The van der Waals surface area contributed by atoms with Crippen molar-refractivity contribution >= 4 is 33.3 Å². The molecule has 1 atom stereocenters. The lowest BCUT2D eigenvalue weighted by atomic mass is 9.97. The smallest absolute Gasteiger partial charge is 0.337 e. The highest BCUT2D eigenvalue weighted by Crippen LogP contribution is 2.30. The van der Waals surface area contributed by atoms with Gasteiger partial charge in [0.05, 0.1) is 28.7 Å². The summed E-state index contributed by atoms with van der Waals surface area (Å²) in [6.45, 7) is 7.04. The molecule has 1 fully saturated rings. The molecule has 2 N–H and O–H groups in total. The number of esters is 1. The highest BCUT2D eigenvalue weighted by molar-refractivity contribution is 7.92. The highest BCUT2D eigenvalue weighted by atomic mass is 32.2. The molecule has 3 rings (SSSR count). The molecule has 178 valence electrons. The Labute approximate surface area is 194 Å². The summed E-state index contributed by atoms with van der Waals surface area (Å²) in [5.74, 6) is -1.51. The van der Waals surface area contributed by atoms with Crippen LogP contribution in [0.2, 0.25) is 0 Å². The van der Waals surface area contributed by atoms with Crippen LogP contribution in [0.25, 0.3) is 0 Å². The normalized spacial score (nSPS) is 16.5. The van der Waals surface area contributed by atoms with Crippen molar-refractivity contribution in [3.8, 4) is 0 Å². The van der Waals surface area contributed by atoms with Gasteiger partial charge in [-0.05, 0) is 61.6 Å². The standard InChI is InChI=1S/C24H30N2O6S/c1-4-32-24(29)18-6-5-13-26(15-18)22-12-9-19(14-21(22)23(27)28)25-33(30,31)20-10-7-17(8-11-20)16(2)3/h7-12,14,16,18,25H,4-6,13,15H2,1-3H3,(H,27,28)/t18-/m1/s1. The first kappa shape index (κ1) is 24.6. The van der Waals surface area contributed by atoms with Gasteiger partial charge in [-0.1, -0.05) is 26.0 Å². The van der Waals surface area contributed by atoms with Gasteiger partial charge < -0.3 is 14.7 Å². The molecule has 2 aromatic carbocycles. The van der Waals surface area contributed by atoms with Crippen molar-refractivity contribution < 1.29 is 27.9 Å². The summed E-state index contributed by atoms with van der Waals surface area (Å²) >= 11 is 0. The summed E-state index contributed by atoms with van der Waals surface area (Å²) in [6, 6.07) is 11.0. The van der Waals surface area contributed by atoms with Gasteiger partial charge in [-0.3, -0.25) is 9.52 Å². The van der Waals surface area contributed by atoms with Crippen molar-refractivity contribution in [3.63, 3.8) is 0 Å². The fourth-order valence-corrected chi connectivity index (χ4v) is 4.99. The second-order valence-electron chi connectivity index (χ2n) is 8.40. The fraction of sp³-hybridized carbons (Fsp3) is 0.417. The molecule has 0 aliphatic carbocycles. The number of carboxylic acid groups (broad SMARTS) is 1. The zero-order valence-corrected chi connectivity index (χ0v) is 19.9. The third-order valence-corrected chi connectivity index (χ3v) is 7.12. The molecule has 1 saturated heterocycles. The van der Waals surface area contributed by atoms with Crippen LogP contribution in [0.1, 0.15) is 55.5 Å². The molecule has 8 nitrogen and oxygen atoms in total. The van der Waals surface area contributed by atoms with Crippen LogP contribution in [-0.4, -0.2) is 45.2 Å². The Morgan fingerprint density at radius 1 is 1.18 bits per heavy atom. The van der Waals surface area contributed by atoms with Gasteiger partial charge in [0.2, 0.25) is 0 Å². The number of hydrogen-bond acceptors (Lipinski definition) is 6. The molecule has 0 unspecified atom stereocenters. The minimum absolute atomic E-state index is 0.0325. The van der Waals surface area contributed by atoms with Gasteiger partial charge in [-0.25, -0.2) is 13.2 Å². The average molecular weight is 475 g/mol. The number of nitrogens with zero attached hydrogens (tertiary/aromatic N) is 1. The van der Waals surface area contributed by atoms with Crippen LogP contribution in [0.3, 0.4) is 0 Å². The quantitative estimate of drug-likeness (QED) is 0.554. The van der Waals surface area contributed by atoms with E-state index in [1.54, 1.807) is 25.1 Å². The lowest BCUT2D eigenvalue weighted by molar-refractivity contribution is -0.148. The van der Waals surface area contributed by atoms with Crippen molar-refractivity contribution in [2.75, 3.05) is 29.3 Å². The van der Waals surface area contributed by atoms with E-state index in [9.17, 15) is 23.1 Å². The van der Waals surface area contributed by atoms with Gasteiger partial charge in [0.1, 0.15) is 0 Å². The SMILES string of the molecule is CCOC(=O)[C@@H]1CCCN(c2ccc(NS(=O)(=O)c3ccc(C(C)C)cc3)cc2C(=O)O)C1. The van der Waals surface area contributed by atoms with Crippen molar-refractivity contribution in [1.82, 2.24) is 0 Å². The molecule has 2 aromatic rings. The van der Waals surface area contributed by atoms with Gasteiger partial charge in [0, 0.05) is 18.8 Å². The van der Waals surface area contributed by atoms with Crippen molar-refractivity contribution in [3.05, 3.63) is 53.6 Å². The third kappa shape index (κ3) is 5.84. The van der Waals surface area contributed by atoms with Gasteiger partial charge in [0.15, 0.2) is 0 Å². The summed E-state index contributed by atoms with van der Waals surface area (Å²) < 4.78 is 33.2. The molecule has 33 heavy (non-hydrogen) atoms. The molecule has 0 radical (unpaired) electrons. The summed E-state index contributed by atoms with van der Waals surface area (Å²) in [4.78, 5) is 26.1. The number of carboxylic acids is 1. The Morgan fingerprint density at radius 3 is 2.48 bits per heavy atom. The molecule has 0 bridgehead atoms. The summed E-state index contributed by atoms with van der Waals surface area (Å²) in [7, 11) is -3.88. The predicted octanol–water partition coefficient (Wildman–Crippen LogP) is 4.09. The summed E-state index contributed by atoms with van der Waals surface area (Å²) in [5, 5.41) is 9.78. The number of piperidine rings is 1. The highest BCUT2D eigenvalue weighted by Gasteiger charge is 2.29. The largest absolute Gasteiger partial charge is 0.478 e. The molecule has 0 aromatic heterocycles. The molecule has 0 spiro atoms. The number of aromatic carboxylic acids is 1. The van der Waals surface area contributed by atoms with E-state index in [4.69, 9.17) is 4.74 Å². The van der Waals surface area contributed by atoms with Crippen LogP contribution < -0.4 is 9.62 Å². The average Bonchev–Trinajstić information content (AvgIpc) is 2.79. The van der Waals surface area contributed by atoms with Crippen LogP contribution in [0.15, 0.2) is 47.4 Å². The van der Waals surface area contributed by atoms with Gasteiger partial charge >= 0.3 is 11.9 Å². The maximum absolute atomic E-state index is 12.8. The van der Waals surface area contributed by atoms with Crippen LogP contribution in [-0.2, 0) is 19.6 Å². The molecular formula is C24H30N2O6S. The summed E-state index contributed by atoms with van der Waals surface area (Å²) in [6.07, 6.45) is 1.41. The zero-order valence-electron chi connectivity index (χ0n) is 19.1. The number of hydrogen-bond donors (Lipinski definition) is 2. The van der Waals surface area contributed by atoms with E-state index in [-0.39, 0.29) is 34.0 Å². The van der Waals surface area contributed by atoms with Crippen molar-refractivity contribution in [1.29, 1.82) is 0 Å². The maximum atomic E-state index is 12.8. The molecule has 0 saturated carbocycles. The number of sulfonamides is 1. The van der Waals surface area contributed by atoms with E-state index >= 15 is 0 Å². The van der Waals surface area contributed by atoms with Gasteiger partial charge in [0.25, 0.3) is 10.0 Å². The van der Waals surface area contributed by atoms with Crippen LogP contribution in [0.4, 0.5) is 11.4 Å². The van der Waals surface area contributed by atoms with Crippen molar-refractivity contribution in [2.24, 2.45) is 5.92 Å². The van der Waals surface area contributed by atoms with E-state index < -0.39 is 16.0 Å². The second-order valence-corrected chi connectivity index (χ2v) is 10.1. The Morgan fingerprint density at radius 2 is 1.88 bits per heavy atom. The fourth-order valence-electron chi connectivity index (χ4n) is 3.94. The van der Waals surface area contributed by atoms with E-state index in [0.29, 0.717) is 31.8 Å². The Hall–Kier alpha value is -3.07. The zero-order chi connectivity index (χ0) is 24.2. The number of ether oxygens (including phenoxy) is 1. The summed E-state index contributed by atoms with van der Waals surface area (Å²) in [5.41, 5.74) is 1.59. The molecule has 9 heteroatoms. The maximum Gasteiger partial charge on any atom is 0.337 e. The van der Waals surface area contributed by atoms with Gasteiger partial charge in [-0.2, -0.15) is 0 Å². The monoisotopic (exact) mass is 474 g/mol. The number of carbonyl (C=O) groups excluding carboxylic acids is 1. The van der Waals surface area contributed by atoms with E-state index in [1.165, 1.54) is 24.3 Å². The van der Waals surface area contributed by atoms with Crippen LogP contribution >= 0.6 is 0 Å². The minimum Gasteiger partial charge on any atom is -0.478 e.